The van der Waals surface area contributed by atoms with Gasteiger partial charge in [-0.15, -0.1) is 0 Å². The van der Waals surface area contributed by atoms with Crippen LogP contribution in [-0.4, -0.2) is 29.7 Å². The molecule has 0 N–H and O–H groups in total. The minimum atomic E-state index is -0.527. The second-order valence-electron chi connectivity index (χ2n) is 8.46. The van der Waals surface area contributed by atoms with Crippen LogP contribution in [-0.2, 0) is 11.3 Å². The molecule has 0 aliphatic carbocycles. The number of likely N-dealkylation sites (tertiary alicyclic amines) is 1. The van der Waals surface area contributed by atoms with E-state index in [1.165, 1.54) is 18.2 Å². The summed E-state index contributed by atoms with van der Waals surface area (Å²) in [7, 11) is 0. The standard InChI is InChI=1S/C23H26ClF2NO3/c1-23(2,3)30-22(28)27-10-8-15(9-11-27)16-5-7-19(25)21(12-16)29-14-17-4-6-18(24)13-20(17)26/h4-7,12-13,15H,8-11,14H2,1-3H3. The quantitative estimate of drug-likeness (QED) is 0.562. The van der Waals surface area contributed by atoms with Crippen LogP contribution in [0, 0.1) is 11.6 Å². The Kier molecular flexibility index (Phi) is 6.86. The van der Waals surface area contributed by atoms with E-state index in [0.717, 1.165) is 18.4 Å². The summed E-state index contributed by atoms with van der Waals surface area (Å²) in [5.74, 6) is -0.733. The third-order valence-electron chi connectivity index (χ3n) is 4.97. The summed E-state index contributed by atoms with van der Waals surface area (Å²) in [6.07, 6.45) is 1.18. The lowest BCUT2D eigenvalue weighted by atomic mass is 9.89. The van der Waals surface area contributed by atoms with Crippen LogP contribution in [0.3, 0.4) is 0 Å². The number of carbonyl (C=O) groups is 1. The van der Waals surface area contributed by atoms with Crippen molar-refractivity contribution < 1.29 is 23.0 Å². The average Bonchev–Trinajstić information content (AvgIpc) is 2.67. The molecule has 1 heterocycles. The van der Waals surface area contributed by atoms with Crippen molar-refractivity contribution in [3.05, 3.63) is 64.2 Å². The van der Waals surface area contributed by atoms with Gasteiger partial charge in [-0.2, -0.15) is 0 Å². The molecule has 0 atom stereocenters. The topological polar surface area (TPSA) is 38.8 Å². The number of hydrogen-bond acceptors (Lipinski definition) is 3. The first-order chi connectivity index (χ1) is 14.1. The van der Waals surface area contributed by atoms with Crippen LogP contribution in [0.15, 0.2) is 36.4 Å². The fourth-order valence-corrected chi connectivity index (χ4v) is 3.56. The Morgan fingerprint density at radius 2 is 1.80 bits per heavy atom. The molecule has 2 aromatic rings. The molecule has 30 heavy (non-hydrogen) atoms. The number of halogens is 3. The molecular formula is C23H26ClF2NO3. The van der Waals surface area contributed by atoms with Gasteiger partial charge in [-0.1, -0.05) is 23.7 Å². The van der Waals surface area contributed by atoms with Crippen molar-refractivity contribution in [3.8, 4) is 5.75 Å². The molecule has 1 amide bonds. The molecule has 1 saturated heterocycles. The molecule has 3 rings (SSSR count). The van der Waals surface area contributed by atoms with E-state index in [9.17, 15) is 13.6 Å². The van der Waals surface area contributed by atoms with Crippen molar-refractivity contribution in [2.75, 3.05) is 13.1 Å². The molecule has 0 unspecified atom stereocenters. The highest BCUT2D eigenvalue weighted by atomic mass is 35.5. The van der Waals surface area contributed by atoms with Gasteiger partial charge in [-0.05, 0) is 69.4 Å². The van der Waals surface area contributed by atoms with Crippen LogP contribution in [0.2, 0.25) is 5.02 Å². The maximum atomic E-state index is 14.2. The molecule has 4 nitrogen and oxygen atoms in total. The van der Waals surface area contributed by atoms with E-state index < -0.39 is 17.2 Å². The first kappa shape index (κ1) is 22.3. The lowest BCUT2D eigenvalue weighted by Crippen LogP contribution is -2.41. The van der Waals surface area contributed by atoms with E-state index in [1.807, 2.05) is 20.8 Å². The van der Waals surface area contributed by atoms with E-state index in [4.69, 9.17) is 21.1 Å². The molecule has 1 fully saturated rings. The number of nitrogens with zero attached hydrogens (tertiary/aromatic N) is 1. The zero-order chi connectivity index (χ0) is 21.9. The first-order valence-corrected chi connectivity index (χ1v) is 10.3. The van der Waals surface area contributed by atoms with Gasteiger partial charge in [0.2, 0.25) is 0 Å². The number of benzene rings is 2. The molecule has 0 spiro atoms. The minimum Gasteiger partial charge on any atom is -0.486 e. The number of hydrogen-bond donors (Lipinski definition) is 0. The molecule has 0 aromatic heterocycles. The number of carbonyl (C=O) groups excluding carboxylic acids is 1. The van der Waals surface area contributed by atoms with Gasteiger partial charge in [-0.3, -0.25) is 0 Å². The summed E-state index contributed by atoms with van der Waals surface area (Å²) in [6, 6.07) is 9.05. The largest absolute Gasteiger partial charge is 0.486 e. The molecule has 1 aliphatic rings. The van der Waals surface area contributed by atoms with Crippen LogP contribution in [0.25, 0.3) is 0 Å². The zero-order valence-electron chi connectivity index (χ0n) is 17.4. The van der Waals surface area contributed by atoms with Crippen LogP contribution >= 0.6 is 11.6 Å². The monoisotopic (exact) mass is 437 g/mol. The molecular weight excluding hydrogens is 412 g/mol. The van der Waals surface area contributed by atoms with Crippen molar-refractivity contribution >= 4 is 17.7 Å². The molecule has 0 radical (unpaired) electrons. The molecule has 162 valence electrons. The van der Waals surface area contributed by atoms with Gasteiger partial charge in [0.15, 0.2) is 11.6 Å². The van der Waals surface area contributed by atoms with E-state index in [2.05, 4.69) is 0 Å². The summed E-state index contributed by atoms with van der Waals surface area (Å²) < 4.78 is 39.1. The van der Waals surface area contributed by atoms with Gasteiger partial charge >= 0.3 is 6.09 Å². The third-order valence-corrected chi connectivity index (χ3v) is 5.21. The minimum absolute atomic E-state index is 0.0800. The second-order valence-corrected chi connectivity index (χ2v) is 8.89. The Morgan fingerprint density at radius 3 is 2.43 bits per heavy atom. The summed E-state index contributed by atoms with van der Waals surface area (Å²) in [5, 5.41) is 0.294. The molecule has 7 heteroatoms. The Labute approximate surface area is 180 Å². The fraction of sp³-hybridized carbons (Fsp3) is 0.435. The molecule has 1 aliphatic heterocycles. The third kappa shape index (κ3) is 5.85. The number of rotatable bonds is 4. The van der Waals surface area contributed by atoms with Gasteiger partial charge in [-0.25, -0.2) is 13.6 Å². The molecule has 2 aromatic carbocycles. The van der Waals surface area contributed by atoms with Crippen molar-refractivity contribution in [2.24, 2.45) is 0 Å². The van der Waals surface area contributed by atoms with Gasteiger partial charge in [0.1, 0.15) is 18.0 Å². The van der Waals surface area contributed by atoms with Crippen LogP contribution in [0.4, 0.5) is 13.6 Å². The number of ether oxygens (including phenoxy) is 2. The highest BCUT2D eigenvalue weighted by Crippen LogP contribution is 2.32. The highest BCUT2D eigenvalue weighted by Gasteiger charge is 2.28. The predicted molar refractivity (Wildman–Crippen MR) is 112 cm³/mol. The smallest absolute Gasteiger partial charge is 0.410 e. The fourth-order valence-electron chi connectivity index (χ4n) is 3.40. The van der Waals surface area contributed by atoms with E-state index >= 15 is 0 Å². The second kappa shape index (κ2) is 9.21. The SMILES string of the molecule is CC(C)(C)OC(=O)N1CCC(c2ccc(F)c(OCc3ccc(Cl)cc3F)c2)CC1. The van der Waals surface area contributed by atoms with Gasteiger partial charge in [0, 0.05) is 23.7 Å². The Hall–Kier alpha value is -2.34. The van der Waals surface area contributed by atoms with Crippen molar-refractivity contribution in [2.45, 2.75) is 51.7 Å². The lowest BCUT2D eigenvalue weighted by Gasteiger charge is -2.33. The molecule has 0 bridgehead atoms. The summed E-state index contributed by atoms with van der Waals surface area (Å²) in [4.78, 5) is 13.9. The van der Waals surface area contributed by atoms with Gasteiger partial charge < -0.3 is 14.4 Å². The van der Waals surface area contributed by atoms with E-state index in [-0.39, 0.29) is 24.4 Å². The van der Waals surface area contributed by atoms with Gasteiger partial charge in [0.05, 0.1) is 0 Å². The van der Waals surface area contributed by atoms with Crippen LogP contribution in [0.5, 0.6) is 5.75 Å². The van der Waals surface area contributed by atoms with Crippen LogP contribution < -0.4 is 4.74 Å². The van der Waals surface area contributed by atoms with Gasteiger partial charge in [0.25, 0.3) is 0 Å². The normalized spacial score (nSPS) is 15.2. The highest BCUT2D eigenvalue weighted by molar-refractivity contribution is 6.30. The number of amides is 1. The lowest BCUT2D eigenvalue weighted by molar-refractivity contribution is 0.0204. The van der Waals surface area contributed by atoms with Crippen molar-refractivity contribution in [1.29, 1.82) is 0 Å². The van der Waals surface area contributed by atoms with E-state index in [1.54, 1.807) is 23.1 Å². The summed E-state index contributed by atoms with van der Waals surface area (Å²) in [6.45, 7) is 6.57. The number of piperidine rings is 1. The van der Waals surface area contributed by atoms with E-state index in [0.29, 0.717) is 23.7 Å². The predicted octanol–water partition coefficient (Wildman–Crippen LogP) is 6.31. The van der Waals surface area contributed by atoms with Crippen molar-refractivity contribution in [3.63, 3.8) is 0 Å². The van der Waals surface area contributed by atoms with Crippen molar-refractivity contribution in [1.82, 2.24) is 4.90 Å². The average molecular weight is 438 g/mol. The first-order valence-electron chi connectivity index (χ1n) is 9.96. The Bertz CT molecular complexity index is 906. The van der Waals surface area contributed by atoms with Crippen LogP contribution in [0.1, 0.15) is 50.7 Å². The zero-order valence-corrected chi connectivity index (χ0v) is 18.1. The maximum absolute atomic E-state index is 14.2. The molecule has 0 saturated carbocycles. The maximum Gasteiger partial charge on any atom is 0.410 e. The summed E-state index contributed by atoms with van der Waals surface area (Å²) >= 11 is 5.75. The summed E-state index contributed by atoms with van der Waals surface area (Å²) in [5.41, 5.74) is 0.711. The Morgan fingerprint density at radius 1 is 1.10 bits per heavy atom. The Balaban J connectivity index is 1.62.